The van der Waals surface area contributed by atoms with Crippen molar-refractivity contribution in [2.45, 2.75) is 18.0 Å². The van der Waals surface area contributed by atoms with Crippen molar-refractivity contribution in [1.82, 2.24) is 4.98 Å². The minimum absolute atomic E-state index is 0.0254. The second kappa shape index (κ2) is 5.65. The van der Waals surface area contributed by atoms with Gasteiger partial charge < -0.3 is 5.73 Å². The van der Waals surface area contributed by atoms with Crippen molar-refractivity contribution in [2.24, 2.45) is 5.73 Å². The molecule has 1 aromatic heterocycles. The molecule has 0 aromatic carbocycles. The summed E-state index contributed by atoms with van der Waals surface area (Å²) in [5, 5.41) is 0.827. The third kappa shape index (κ3) is 4.96. The van der Waals surface area contributed by atoms with Crippen LogP contribution in [-0.4, -0.2) is 31.2 Å². The van der Waals surface area contributed by atoms with Crippen LogP contribution in [0.3, 0.4) is 0 Å². The van der Waals surface area contributed by atoms with E-state index in [1.807, 2.05) is 19.1 Å². The summed E-state index contributed by atoms with van der Waals surface area (Å²) in [4.78, 5) is 4.21. The van der Waals surface area contributed by atoms with Gasteiger partial charge in [0.2, 0.25) is 0 Å². The third-order valence-electron chi connectivity index (χ3n) is 1.99. The fraction of sp³-hybridized carbons (Fsp3) is 0.500. The molecule has 16 heavy (non-hydrogen) atoms. The van der Waals surface area contributed by atoms with Gasteiger partial charge in [-0.2, -0.15) is 0 Å². The Kier molecular flexibility index (Phi) is 4.76. The topological polar surface area (TPSA) is 73.1 Å². The Morgan fingerprint density at radius 2 is 2.19 bits per heavy atom. The molecule has 0 aliphatic rings. The molecule has 0 unspecified atom stereocenters. The van der Waals surface area contributed by atoms with E-state index in [4.69, 9.17) is 5.73 Å². The molecule has 0 spiro atoms. The van der Waals surface area contributed by atoms with Crippen molar-refractivity contribution in [3.63, 3.8) is 0 Å². The molecule has 1 rings (SSSR count). The molecular weight excluding hydrogens is 244 g/mol. The Bertz CT molecular complexity index is 427. The van der Waals surface area contributed by atoms with Crippen LogP contribution in [-0.2, 0) is 9.84 Å². The Balaban J connectivity index is 2.50. The predicted octanol–water partition coefficient (Wildman–Crippen LogP) is 1.24. The molecule has 1 aromatic rings. The Morgan fingerprint density at radius 3 is 2.62 bits per heavy atom. The van der Waals surface area contributed by atoms with Gasteiger partial charge in [0.1, 0.15) is 9.84 Å². The Hall–Kier alpha value is -0.590. The average Bonchev–Trinajstić information content (AvgIpc) is 2.16. The van der Waals surface area contributed by atoms with Crippen LogP contribution in [0.5, 0.6) is 0 Å². The Morgan fingerprint density at radius 1 is 1.50 bits per heavy atom. The van der Waals surface area contributed by atoms with Gasteiger partial charge in [-0.3, -0.25) is 0 Å². The molecule has 0 aliphatic heterocycles. The van der Waals surface area contributed by atoms with Crippen LogP contribution >= 0.6 is 11.8 Å². The molecule has 4 nitrogen and oxygen atoms in total. The fourth-order valence-electron chi connectivity index (χ4n) is 1.04. The first kappa shape index (κ1) is 13.5. The van der Waals surface area contributed by atoms with Crippen LogP contribution in [0.25, 0.3) is 0 Å². The van der Waals surface area contributed by atoms with Gasteiger partial charge in [-0.05, 0) is 18.6 Å². The smallest absolute Gasteiger partial charge is 0.148 e. The maximum Gasteiger partial charge on any atom is 0.148 e. The first-order valence-electron chi connectivity index (χ1n) is 4.90. The molecule has 0 aliphatic carbocycles. The minimum Gasteiger partial charge on any atom is -0.324 e. The quantitative estimate of drug-likeness (QED) is 0.806. The maximum absolute atomic E-state index is 10.9. The highest BCUT2D eigenvalue weighted by Gasteiger charge is 2.04. The number of hydrogen-bond donors (Lipinski definition) is 1. The van der Waals surface area contributed by atoms with Gasteiger partial charge in [0.25, 0.3) is 0 Å². The lowest BCUT2D eigenvalue weighted by Gasteiger charge is -2.05. The van der Waals surface area contributed by atoms with Crippen LogP contribution in [0.2, 0.25) is 0 Å². The molecule has 0 radical (unpaired) electrons. The molecule has 1 atom stereocenters. The molecule has 6 heteroatoms. The van der Waals surface area contributed by atoms with Crippen LogP contribution in [0.1, 0.15) is 18.5 Å². The van der Waals surface area contributed by atoms with Crippen molar-refractivity contribution in [1.29, 1.82) is 0 Å². The average molecular weight is 260 g/mol. The van der Waals surface area contributed by atoms with Gasteiger partial charge in [-0.15, -0.1) is 11.8 Å². The second-order valence-corrected chi connectivity index (χ2v) is 7.07. The highest BCUT2D eigenvalue weighted by atomic mass is 32.2. The van der Waals surface area contributed by atoms with E-state index in [1.165, 1.54) is 18.0 Å². The lowest BCUT2D eigenvalue weighted by Crippen LogP contribution is -2.06. The van der Waals surface area contributed by atoms with Crippen molar-refractivity contribution in [3.8, 4) is 0 Å². The van der Waals surface area contributed by atoms with E-state index in [1.54, 1.807) is 6.20 Å². The van der Waals surface area contributed by atoms with Gasteiger partial charge in [0.05, 0.1) is 10.8 Å². The van der Waals surface area contributed by atoms with Gasteiger partial charge in [0, 0.05) is 24.2 Å². The summed E-state index contributed by atoms with van der Waals surface area (Å²) >= 11 is 1.44. The van der Waals surface area contributed by atoms with E-state index in [2.05, 4.69) is 4.98 Å². The summed E-state index contributed by atoms with van der Waals surface area (Å²) in [7, 11) is -2.88. The number of thioether (sulfide) groups is 1. The van der Waals surface area contributed by atoms with E-state index in [0.717, 1.165) is 10.6 Å². The summed E-state index contributed by atoms with van der Waals surface area (Å²) < 4.78 is 21.8. The lowest BCUT2D eigenvalue weighted by atomic mass is 10.2. The molecule has 0 bridgehead atoms. The molecule has 0 fully saturated rings. The SMILES string of the molecule is C[C@H](N)c1ccc(SCCS(C)(=O)=O)nc1. The summed E-state index contributed by atoms with van der Waals surface area (Å²) in [6, 6.07) is 3.76. The summed E-state index contributed by atoms with van der Waals surface area (Å²) in [5.74, 6) is 0.706. The zero-order chi connectivity index (χ0) is 12.2. The standard InChI is InChI=1S/C10H16N2O2S2/c1-8(11)9-3-4-10(12-7-9)15-5-6-16(2,13)14/h3-4,7-8H,5-6,11H2,1-2H3/t8-/m0/s1. The molecular formula is C10H16N2O2S2. The van der Waals surface area contributed by atoms with Gasteiger partial charge in [-0.25, -0.2) is 13.4 Å². The number of sulfone groups is 1. The number of hydrogen-bond acceptors (Lipinski definition) is 5. The van der Waals surface area contributed by atoms with Crippen LogP contribution < -0.4 is 5.73 Å². The van der Waals surface area contributed by atoms with Crippen molar-refractivity contribution in [2.75, 3.05) is 17.8 Å². The number of pyridine rings is 1. The number of nitrogens with zero attached hydrogens (tertiary/aromatic N) is 1. The van der Waals surface area contributed by atoms with E-state index in [9.17, 15) is 8.42 Å². The van der Waals surface area contributed by atoms with Crippen LogP contribution in [0.15, 0.2) is 23.4 Å². The molecule has 0 saturated heterocycles. The van der Waals surface area contributed by atoms with Crippen LogP contribution in [0, 0.1) is 0 Å². The molecule has 2 N–H and O–H groups in total. The van der Waals surface area contributed by atoms with Gasteiger partial charge in [-0.1, -0.05) is 6.07 Å². The monoisotopic (exact) mass is 260 g/mol. The second-order valence-electron chi connectivity index (χ2n) is 3.70. The molecule has 0 amide bonds. The number of nitrogens with two attached hydrogens (primary N) is 1. The number of rotatable bonds is 5. The summed E-state index contributed by atoms with van der Waals surface area (Å²) in [6.07, 6.45) is 2.97. The van der Waals surface area contributed by atoms with Crippen molar-refractivity contribution in [3.05, 3.63) is 23.9 Å². The molecule has 1 heterocycles. The zero-order valence-electron chi connectivity index (χ0n) is 9.38. The largest absolute Gasteiger partial charge is 0.324 e. The summed E-state index contributed by atoms with van der Waals surface area (Å²) in [5.41, 5.74) is 6.67. The summed E-state index contributed by atoms with van der Waals surface area (Å²) in [6.45, 7) is 1.90. The van der Waals surface area contributed by atoms with E-state index in [-0.39, 0.29) is 11.8 Å². The molecule has 0 saturated carbocycles. The highest BCUT2D eigenvalue weighted by Crippen LogP contribution is 2.17. The van der Waals surface area contributed by atoms with E-state index in [0.29, 0.717) is 5.75 Å². The fourth-order valence-corrected chi connectivity index (χ4v) is 3.09. The third-order valence-corrected chi connectivity index (χ3v) is 4.14. The lowest BCUT2D eigenvalue weighted by molar-refractivity contribution is 0.603. The number of aromatic nitrogens is 1. The predicted molar refractivity (Wildman–Crippen MR) is 67.3 cm³/mol. The van der Waals surface area contributed by atoms with E-state index < -0.39 is 9.84 Å². The van der Waals surface area contributed by atoms with Crippen LogP contribution in [0.4, 0.5) is 0 Å². The first-order chi connectivity index (χ1) is 7.38. The zero-order valence-corrected chi connectivity index (χ0v) is 11.0. The van der Waals surface area contributed by atoms with Gasteiger partial charge >= 0.3 is 0 Å². The minimum atomic E-state index is -2.88. The molecule has 90 valence electrons. The van der Waals surface area contributed by atoms with Crippen molar-refractivity contribution < 1.29 is 8.42 Å². The first-order valence-corrected chi connectivity index (χ1v) is 7.95. The normalized spacial score (nSPS) is 13.7. The van der Waals surface area contributed by atoms with Crippen molar-refractivity contribution >= 4 is 21.6 Å². The van der Waals surface area contributed by atoms with E-state index >= 15 is 0 Å². The maximum atomic E-state index is 10.9. The highest BCUT2D eigenvalue weighted by molar-refractivity contribution is 8.00. The Labute approximate surface area is 101 Å². The van der Waals surface area contributed by atoms with Gasteiger partial charge in [0.15, 0.2) is 0 Å².